The summed E-state index contributed by atoms with van der Waals surface area (Å²) in [4.78, 5) is 8.35. The third kappa shape index (κ3) is 1.27. The standard InChI is InChI=1S/C11H8N4/c1-3-9(7-12-5-1)10-8-13-11-4-2-6-14-15(10)11/h1-8H. The number of pyridine rings is 1. The van der Waals surface area contributed by atoms with Gasteiger partial charge < -0.3 is 0 Å². The summed E-state index contributed by atoms with van der Waals surface area (Å²) in [7, 11) is 0. The molecule has 0 saturated heterocycles. The summed E-state index contributed by atoms with van der Waals surface area (Å²) in [6.45, 7) is 0. The quantitative estimate of drug-likeness (QED) is 0.596. The Morgan fingerprint density at radius 3 is 2.80 bits per heavy atom. The molecule has 0 unspecified atom stereocenters. The number of hydrogen-bond acceptors (Lipinski definition) is 3. The molecule has 3 aromatic rings. The highest BCUT2D eigenvalue weighted by Gasteiger charge is 2.05. The molecule has 0 aliphatic carbocycles. The van der Waals surface area contributed by atoms with Crippen molar-refractivity contribution < 1.29 is 0 Å². The van der Waals surface area contributed by atoms with Crippen LogP contribution in [0.3, 0.4) is 0 Å². The number of fused-ring (bicyclic) bond motifs is 1. The maximum absolute atomic E-state index is 4.27. The molecule has 0 aliphatic rings. The third-order valence-electron chi connectivity index (χ3n) is 2.24. The van der Waals surface area contributed by atoms with E-state index in [1.165, 1.54) is 0 Å². The first-order chi connectivity index (χ1) is 7.45. The van der Waals surface area contributed by atoms with Gasteiger partial charge in [0, 0.05) is 24.2 Å². The Kier molecular flexibility index (Phi) is 1.71. The van der Waals surface area contributed by atoms with Crippen LogP contribution >= 0.6 is 0 Å². The van der Waals surface area contributed by atoms with Crippen molar-refractivity contribution in [3.05, 3.63) is 49.1 Å². The number of rotatable bonds is 1. The topological polar surface area (TPSA) is 43.1 Å². The zero-order chi connectivity index (χ0) is 10.1. The molecule has 0 atom stereocenters. The van der Waals surface area contributed by atoms with E-state index in [0.29, 0.717) is 0 Å². The second kappa shape index (κ2) is 3.16. The van der Waals surface area contributed by atoms with Gasteiger partial charge in [0.15, 0.2) is 5.65 Å². The molecule has 0 radical (unpaired) electrons. The van der Waals surface area contributed by atoms with Crippen LogP contribution in [0.5, 0.6) is 0 Å². The van der Waals surface area contributed by atoms with Crippen molar-refractivity contribution in [1.29, 1.82) is 0 Å². The fourth-order valence-electron chi connectivity index (χ4n) is 1.54. The Morgan fingerprint density at radius 1 is 1.00 bits per heavy atom. The van der Waals surface area contributed by atoms with Crippen molar-refractivity contribution in [2.24, 2.45) is 0 Å². The lowest BCUT2D eigenvalue weighted by Crippen LogP contribution is -1.92. The molecule has 0 bridgehead atoms. The number of imidazole rings is 1. The second-order valence-corrected chi connectivity index (χ2v) is 3.18. The summed E-state index contributed by atoms with van der Waals surface area (Å²) in [5.74, 6) is 0. The normalized spacial score (nSPS) is 10.7. The minimum Gasteiger partial charge on any atom is -0.264 e. The van der Waals surface area contributed by atoms with Gasteiger partial charge in [0.25, 0.3) is 0 Å². The van der Waals surface area contributed by atoms with Crippen molar-refractivity contribution in [2.75, 3.05) is 0 Å². The van der Waals surface area contributed by atoms with Gasteiger partial charge in [-0.3, -0.25) is 4.98 Å². The van der Waals surface area contributed by atoms with Gasteiger partial charge in [0.2, 0.25) is 0 Å². The van der Waals surface area contributed by atoms with E-state index in [4.69, 9.17) is 0 Å². The highest BCUT2D eigenvalue weighted by atomic mass is 15.2. The molecule has 4 heteroatoms. The van der Waals surface area contributed by atoms with Crippen LogP contribution in [0.15, 0.2) is 49.1 Å². The zero-order valence-electron chi connectivity index (χ0n) is 7.91. The maximum Gasteiger partial charge on any atom is 0.154 e. The van der Waals surface area contributed by atoms with Gasteiger partial charge in [-0.15, -0.1) is 0 Å². The van der Waals surface area contributed by atoms with Crippen LogP contribution in [0.2, 0.25) is 0 Å². The highest BCUT2D eigenvalue weighted by molar-refractivity contribution is 5.61. The summed E-state index contributed by atoms with van der Waals surface area (Å²) in [5.41, 5.74) is 2.82. The fourth-order valence-corrected chi connectivity index (χ4v) is 1.54. The zero-order valence-corrected chi connectivity index (χ0v) is 7.91. The summed E-state index contributed by atoms with van der Waals surface area (Å²) < 4.78 is 1.80. The third-order valence-corrected chi connectivity index (χ3v) is 2.24. The largest absolute Gasteiger partial charge is 0.264 e. The van der Waals surface area contributed by atoms with Gasteiger partial charge in [0.05, 0.1) is 11.9 Å². The first kappa shape index (κ1) is 8.11. The molecule has 72 valence electrons. The Hall–Kier alpha value is -2.23. The Labute approximate surface area is 86.2 Å². The predicted molar refractivity (Wildman–Crippen MR) is 56.2 cm³/mol. The van der Waals surface area contributed by atoms with E-state index in [-0.39, 0.29) is 0 Å². The molecule has 3 rings (SSSR count). The van der Waals surface area contributed by atoms with Gasteiger partial charge in [-0.1, -0.05) is 0 Å². The van der Waals surface area contributed by atoms with Crippen LogP contribution < -0.4 is 0 Å². The lowest BCUT2D eigenvalue weighted by atomic mass is 10.2. The van der Waals surface area contributed by atoms with Crippen molar-refractivity contribution >= 4 is 5.65 Å². The molecule has 0 N–H and O–H groups in total. The molecule has 0 aromatic carbocycles. The fraction of sp³-hybridized carbons (Fsp3) is 0. The number of nitrogens with zero attached hydrogens (tertiary/aromatic N) is 4. The maximum atomic E-state index is 4.27. The predicted octanol–water partition coefficient (Wildman–Crippen LogP) is 1.79. The monoisotopic (exact) mass is 196 g/mol. The first-order valence-corrected chi connectivity index (χ1v) is 4.64. The number of hydrogen-bond donors (Lipinski definition) is 0. The molecular weight excluding hydrogens is 188 g/mol. The summed E-state index contributed by atoms with van der Waals surface area (Å²) in [6.07, 6.45) is 7.10. The van der Waals surface area contributed by atoms with E-state index in [1.54, 1.807) is 29.3 Å². The van der Waals surface area contributed by atoms with E-state index >= 15 is 0 Å². The molecule has 0 aliphatic heterocycles. The van der Waals surface area contributed by atoms with Crippen molar-refractivity contribution in [3.63, 3.8) is 0 Å². The molecule has 0 spiro atoms. The molecule has 3 aromatic heterocycles. The lowest BCUT2D eigenvalue weighted by molar-refractivity contribution is 0.942. The second-order valence-electron chi connectivity index (χ2n) is 3.18. The molecule has 0 saturated carbocycles. The van der Waals surface area contributed by atoms with Crippen LogP contribution in [0, 0.1) is 0 Å². The Morgan fingerprint density at radius 2 is 1.93 bits per heavy atom. The minimum absolute atomic E-state index is 0.844. The van der Waals surface area contributed by atoms with Crippen molar-refractivity contribution in [3.8, 4) is 11.3 Å². The average Bonchev–Trinajstić information content (AvgIpc) is 2.74. The minimum atomic E-state index is 0.844. The molecular formula is C11H8N4. The molecule has 15 heavy (non-hydrogen) atoms. The van der Waals surface area contributed by atoms with Gasteiger partial charge in [0.1, 0.15) is 0 Å². The first-order valence-electron chi connectivity index (χ1n) is 4.64. The Bertz CT molecular complexity index is 586. The summed E-state index contributed by atoms with van der Waals surface area (Å²) >= 11 is 0. The summed E-state index contributed by atoms with van der Waals surface area (Å²) in [5, 5.41) is 4.24. The van der Waals surface area contributed by atoms with Crippen LogP contribution in [-0.4, -0.2) is 19.6 Å². The smallest absolute Gasteiger partial charge is 0.154 e. The number of aromatic nitrogens is 4. The van der Waals surface area contributed by atoms with Gasteiger partial charge in [-0.2, -0.15) is 5.10 Å². The van der Waals surface area contributed by atoms with Gasteiger partial charge >= 0.3 is 0 Å². The van der Waals surface area contributed by atoms with Gasteiger partial charge in [-0.25, -0.2) is 9.50 Å². The molecule has 4 nitrogen and oxygen atoms in total. The highest BCUT2D eigenvalue weighted by Crippen LogP contribution is 2.17. The van der Waals surface area contributed by atoms with E-state index in [0.717, 1.165) is 16.9 Å². The van der Waals surface area contributed by atoms with Crippen LogP contribution in [0.25, 0.3) is 16.9 Å². The van der Waals surface area contributed by atoms with Crippen LogP contribution in [0.1, 0.15) is 0 Å². The molecule has 0 amide bonds. The van der Waals surface area contributed by atoms with E-state index < -0.39 is 0 Å². The SMILES string of the molecule is c1cncc(-c2cnc3cccnn23)c1. The lowest BCUT2D eigenvalue weighted by Gasteiger charge is -1.98. The average molecular weight is 196 g/mol. The van der Waals surface area contributed by atoms with E-state index in [2.05, 4.69) is 15.1 Å². The van der Waals surface area contributed by atoms with Crippen molar-refractivity contribution in [1.82, 2.24) is 19.6 Å². The molecule has 3 heterocycles. The van der Waals surface area contributed by atoms with E-state index in [9.17, 15) is 0 Å². The van der Waals surface area contributed by atoms with Crippen LogP contribution in [0.4, 0.5) is 0 Å². The van der Waals surface area contributed by atoms with Gasteiger partial charge in [-0.05, 0) is 24.3 Å². The molecule has 0 fully saturated rings. The Balaban J connectivity index is 2.28. The van der Waals surface area contributed by atoms with E-state index in [1.807, 2.05) is 24.3 Å². The van der Waals surface area contributed by atoms with Crippen molar-refractivity contribution in [2.45, 2.75) is 0 Å². The summed E-state index contributed by atoms with van der Waals surface area (Å²) in [6, 6.07) is 7.69. The van der Waals surface area contributed by atoms with Crippen LogP contribution in [-0.2, 0) is 0 Å².